The number of amides is 1. The Morgan fingerprint density at radius 3 is 2.58 bits per heavy atom. The van der Waals surface area contributed by atoms with Crippen molar-refractivity contribution in [1.82, 2.24) is 9.80 Å². The quantitative estimate of drug-likeness (QED) is 0.661. The molecule has 1 fully saturated rings. The lowest BCUT2D eigenvalue weighted by Crippen LogP contribution is -2.39. The number of rotatable bonds is 8. The Morgan fingerprint density at radius 1 is 1.15 bits per heavy atom. The van der Waals surface area contributed by atoms with E-state index in [2.05, 4.69) is 23.1 Å². The van der Waals surface area contributed by atoms with E-state index < -0.39 is 11.9 Å². The molecule has 0 spiro atoms. The Hall–Kier alpha value is -2.86. The maximum atomic E-state index is 13.0. The number of carboxylic acids is 1. The highest BCUT2D eigenvalue weighted by Crippen LogP contribution is 2.47. The molecule has 0 aromatic heterocycles. The van der Waals surface area contributed by atoms with E-state index in [9.17, 15) is 14.7 Å². The first kappa shape index (κ1) is 23.3. The normalized spacial score (nSPS) is 22.2. The molecule has 6 nitrogen and oxygen atoms in total. The van der Waals surface area contributed by atoms with Crippen molar-refractivity contribution in [1.29, 1.82) is 0 Å². The summed E-state index contributed by atoms with van der Waals surface area (Å²) in [5, 5.41) is 10.4. The number of fused-ring (bicyclic) bond motifs is 1. The van der Waals surface area contributed by atoms with Gasteiger partial charge in [0, 0.05) is 32.1 Å². The molecule has 2 aromatic rings. The predicted molar refractivity (Wildman–Crippen MR) is 128 cm³/mol. The Balaban J connectivity index is 1.74. The maximum Gasteiger partial charge on any atom is 0.309 e. The highest BCUT2D eigenvalue weighted by atomic mass is 16.5. The van der Waals surface area contributed by atoms with Crippen LogP contribution < -0.4 is 4.74 Å². The van der Waals surface area contributed by atoms with E-state index in [4.69, 9.17) is 4.74 Å². The highest BCUT2D eigenvalue weighted by Gasteiger charge is 2.48. The van der Waals surface area contributed by atoms with Gasteiger partial charge >= 0.3 is 5.97 Å². The molecule has 1 aliphatic heterocycles. The number of aliphatic carboxylic acids is 1. The number of carbonyl (C=O) groups excluding carboxylic acids is 1. The Kier molecular flexibility index (Phi) is 7.03. The van der Waals surface area contributed by atoms with Gasteiger partial charge in [-0.15, -0.1) is 0 Å². The smallest absolute Gasteiger partial charge is 0.309 e. The van der Waals surface area contributed by atoms with Gasteiger partial charge in [-0.25, -0.2) is 0 Å². The van der Waals surface area contributed by atoms with Gasteiger partial charge in [-0.2, -0.15) is 0 Å². The molecule has 4 rings (SSSR count). The Bertz CT molecular complexity index is 1000. The molecule has 0 unspecified atom stereocenters. The van der Waals surface area contributed by atoms with Gasteiger partial charge in [-0.3, -0.25) is 14.5 Å². The van der Waals surface area contributed by atoms with Gasteiger partial charge in [-0.1, -0.05) is 37.3 Å². The number of carboxylic acid groups (broad SMARTS) is 1. The lowest BCUT2D eigenvalue weighted by atomic mass is 9.80. The number of hydrogen-bond acceptors (Lipinski definition) is 4. The molecule has 1 N–H and O–H groups in total. The third-order valence-corrected chi connectivity index (χ3v) is 7.25. The molecule has 1 saturated heterocycles. The number of hydrogen-bond donors (Lipinski definition) is 1. The van der Waals surface area contributed by atoms with Crippen molar-refractivity contribution < 1.29 is 19.4 Å². The third-order valence-electron chi connectivity index (χ3n) is 7.25. The van der Waals surface area contributed by atoms with Crippen molar-refractivity contribution in [3.8, 4) is 5.75 Å². The van der Waals surface area contributed by atoms with Crippen LogP contribution in [0.2, 0.25) is 0 Å². The highest BCUT2D eigenvalue weighted by molar-refractivity contribution is 5.79. The molecule has 33 heavy (non-hydrogen) atoms. The summed E-state index contributed by atoms with van der Waals surface area (Å²) in [5.74, 6) is -0.847. The molecule has 176 valence electrons. The first-order chi connectivity index (χ1) is 15.9. The Morgan fingerprint density at radius 2 is 1.91 bits per heavy atom. The molecule has 2 aromatic carbocycles. The second-order valence-corrected chi connectivity index (χ2v) is 9.27. The first-order valence-electron chi connectivity index (χ1n) is 11.9. The van der Waals surface area contributed by atoms with E-state index in [1.807, 2.05) is 38.2 Å². The van der Waals surface area contributed by atoms with Gasteiger partial charge in [0.2, 0.25) is 5.91 Å². The summed E-state index contributed by atoms with van der Waals surface area (Å²) in [6.45, 7) is 3.50. The zero-order valence-electron chi connectivity index (χ0n) is 19.8. The van der Waals surface area contributed by atoms with E-state index in [1.54, 1.807) is 12.0 Å². The van der Waals surface area contributed by atoms with Crippen LogP contribution in [0.25, 0.3) is 0 Å². The summed E-state index contributed by atoms with van der Waals surface area (Å²) >= 11 is 0. The standard InChI is InChI=1S/C27H34N2O4/c1-4-15-28(2)24(30)17-29-16-23(22-10-6-8-18-7-5-9-21(18)22)25(27(31)32)26(29)19-11-13-20(33-3)14-12-19/h6,8,10-14,23,25-26H,4-5,7,9,15-17H2,1-3H3,(H,31,32)/t23-,25+,26-/m1/s1. The van der Waals surface area contributed by atoms with Gasteiger partial charge in [0.1, 0.15) is 5.75 Å². The molecule has 1 aliphatic carbocycles. The van der Waals surface area contributed by atoms with Crippen LogP contribution in [0.15, 0.2) is 42.5 Å². The number of benzene rings is 2. The fourth-order valence-electron chi connectivity index (χ4n) is 5.66. The maximum absolute atomic E-state index is 13.0. The Labute approximate surface area is 196 Å². The second-order valence-electron chi connectivity index (χ2n) is 9.27. The zero-order chi connectivity index (χ0) is 23.5. The van der Waals surface area contributed by atoms with Crippen LogP contribution in [0.3, 0.4) is 0 Å². The van der Waals surface area contributed by atoms with E-state index in [1.165, 1.54) is 11.1 Å². The van der Waals surface area contributed by atoms with Crippen molar-refractivity contribution in [2.75, 3.05) is 33.8 Å². The molecular weight excluding hydrogens is 416 g/mol. The topological polar surface area (TPSA) is 70.1 Å². The largest absolute Gasteiger partial charge is 0.497 e. The van der Waals surface area contributed by atoms with Crippen LogP contribution in [0.4, 0.5) is 0 Å². The van der Waals surface area contributed by atoms with Crippen LogP contribution in [-0.2, 0) is 22.4 Å². The second kappa shape index (κ2) is 9.96. The summed E-state index contributed by atoms with van der Waals surface area (Å²) < 4.78 is 5.31. The van der Waals surface area contributed by atoms with E-state index >= 15 is 0 Å². The predicted octanol–water partition coefficient (Wildman–Crippen LogP) is 3.89. The van der Waals surface area contributed by atoms with E-state index in [0.29, 0.717) is 13.1 Å². The summed E-state index contributed by atoms with van der Waals surface area (Å²) in [5.41, 5.74) is 4.71. The van der Waals surface area contributed by atoms with Crippen molar-refractivity contribution in [2.45, 2.75) is 44.6 Å². The van der Waals surface area contributed by atoms with Crippen molar-refractivity contribution in [2.24, 2.45) is 5.92 Å². The van der Waals surface area contributed by atoms with Crippen LogP contribution in [0.1, 0.15) is 54.0 Å². The van der Waals surface area contributed by atoms with Crippen LogP contribution in [0, 0.1) is 5.92 Å². The van der Waals surface area contributed by atoms with Crippen molar-refractivity contribution in [3.63, 3.8) is 0 Å². The lowest BCUT2D eigenvalue weighted by molar-refractivity contribution is -0.143. The molecule has 0 bridgehead atoms. The number of likely N-dealkylation sites (tertiary alicyclic amines) is 1. The molecule has 3 atom stereocenters. The number of likely N-dealkylation sites (N-methyl/N-ethyl adjacent to an activating group) is 1. The molecule has 2 aliphatic rings. The summed E-state index contributed by atoms with van der Waals surface area (Å²) in [6, 6.07) is 13.5. The number of nitrogens with zero attached hydrogens (tertiary/aromatic N) is 2. The van der Waals surface area contributed by atoms with Crippen LogP contribution in [0.5, 0.6) is 5.75 Å². The number of ether oxygens (including phenoxy) is 1. The van der Waals surface area contributed by atoms with Crippen molar-refractivity contribution >= 4 is 11.9 Å². The minimum absolute atomic E-state index is 0.0263. The monoisotopic (exact) mass is 450 g/mol. The van der Waals surface area contributed by atoms with Gasteiger partial charge in [0.15, 0.2) is 0 Å². The van der Waals surface area contributed by atoms with E-state index in [0.717, 1.165) is 42.6 Å². The fourth-order valence-corrected chi connectivity index (χ4v) is 5.66. The van der Waals surface area contributed by atoms with Crippen LogP contribution in [-0.4, -0.2) is 60.6 Å². The molecule has 1 heterocycles. The van der Waals surface area contributed by atoms with Crippen LogP contribution >= 0.6 is 0 Å². The van der Waals surface area contributed by atoms with Crippen molar-refractivity contribution in [3.05, 3.63) is 64.7 Å². The minimum Gasteiger partial charge on any atom is -0.497 e. The molecule has 0 saturated carbocycles. The summed E-state index contributed by atoms with van der Waals surface area (Å²) in [4.78, 5) is 29.5. The molecule has 1 amide bonds. The number of carbonyl (C=O) groups is 2. The summed E-state index contributed by atoms with van der Waals surface area (Å²) in [7, 11) is 3.44. The average Bonchev–Trinajstić information content (AvgIpc) is 3.44. The van der Waals surface area contributed by atoms with Gasteiger partial charge in [-0.05, 0) is 60.1 Å². The molecule has 6 heteroatoms. The first-order valence-corrected chi connectivity index (χ1v) is 11.9. The number of aryl methyl sites for hydroxylation is 1. The van der Waals surface area contributed by atoms with Gasteiger partial charge < -0.3 is 14.7 Å². The third kappa shape index (κ3) is 4.62. The van der Waals surface area contributed by atoms with Gasteiger partial charge in [0.05, 0.1) is 19.6 Å². The average molecular weight is 451 g/mol. The molecule has 0 radical (unpaired) electrons. The fraction of sp³-hybridized carbons (Fsp3) is 0.481. The summed E-state index contributed by atoms with van der Waals surface area (Å²) in [6.07, 6.45) is 4.06. The SMILES string of the molecule is CCCN(C)C(=O)CN1C[C@H](c2cccc3c2CCC3)[C@H](C(=O)O)[C@H]1c1ccc(OC)cc1. The van der Waals surface area contributed by atoms with Gasteiger partial charge in [0.25, 0.3) is 0 Å². The zero-order valence-corrected chi connectivity index (χ0v) is 19.8. The minimum atomic E-state index is -0.812. The number of methoxy groups -OCH3 is 1. The molecular formula is C27H34N2O4. The lowest BCUT2D eigenvalue weighted by Gasteiger charge is -2.28. The van der Waals surface area contributed by atoms with E-state index in [-0.39, 0.29) is 24.4 Å².